The van der Waals surface area contributed by atoms with E-state index in [9.17, 15) is 0 Å². The van der Waals surface area contributed by atoms with Crippen molar-refractivity contribution in [2.75, 3.05) is 0 Å². The summed E-state index contributed by atoms with van der Waals surface area (Å²) in [6.45, 7) is 0. The van der Waals surface area contributed by atoms with E-state index in [-0.39, 0.29) is 5.41 Å². The molecule has 2 aliphatic carbocycles. The maximum Gasteiger partial charge on any atom is 0.0649 e. The number of aromatic nitrogens is 1. The van der Waals surface area contributed by atoms with E-state index < -0.39 is 0 Å². The zero-order chi connectivity index (χ0) is 20.0. The van der Waals surface area contributed by atoms with Crippen LogP contribution in [0.25, 0.3) is 22.2 Å². The molecule has 1 heterocycles. The summed E-state index contributed by atoms with van der Waals surface area (Å²) < 4.78 is 0. The number of hydrogen-bond donors (Lipinski definition) is 1. The van der Waals surface area contributed by atoms with Crippen LogP contribution in [0.2, 0.25) is 0 Å². The van der Waals surface area contributed by atoms with Gasteiger partial charge in [0.1, 0.15) is 0 Å². The van der Waals surface area contributed by atoms with Gasteiger partial charge in [-0.05, 0) is 61.3 Å². The summed E-state index contributed by atoms with van der Waals surface area (Å²) in [6, 6.07) is 30.1. The van der Waals surface area contributed by atoms with Gasteiger partial charge >= 0.3 is 0 Å². The van der Waals surface area contributed by atoms with Gasteiger partial charge in [0.25, 0.3) is 0 Å². The van der Waals surface area contributed by atoms with Crippen LogP contribution in [0.3, 0.4) is 0 Å². The fourth-order valence-electron chi connectivity index (χ4n) is 5.18. The lowest BCUT2D eigenvalue weighted by atomic mass is 9.70. The van der Waals surface area contributed by atoms with E-state index >= 15 is 0 Å². The topological polar surface area (TPSA) is 15.8 Å². The summed E-state index contributed by atoms with van der Waals surface area (Å²) in [5.74, 6) is 8.82. The Balaban J connectivity index is 1.64. The van der Waals surface area contributed by atoms with Crippen LogP contribution in [0.15, 0.2) is 84.9 Å². The van der Waals surface area contributed by atoms with Gasteiger partial charge in [0.2, 0.25) is 0 Å². The summed E-state index contributed by atoms with van der Waals surface area (Å²) in [4.78, 5) is 3.78. The molecule has 30 heavy (non-hydrogen) atoms. The molecular formula is C29H25N. The predicted octanol–water partition coefficient (Wildman–Crippen LogP) is 6.94. The number of nitrogens with one attached hydrogen (secondary N) is 1. The van der Waals surface area contributed by atoms with Crippen molar-refractivity contribution in [2.24, 2.45) is 11.8 Å². The zero-order valence-electron chi connectivity index (χ0n) is 17.1. The van der Waals surface area contributed by atoms with E-state index in [1.54, 1.807) is 0 Å². The zero-order valence-corrected chi connectivity index (χ0v) is 17.1. The second kappa shape index (κ2) is 6.92. The van der Waals surface area contributed by atoms with Crippen LogP contribution >= 0.6 is 0 Å². The number of fused-ring (bicyclic) bond motifs is 1. The van der Waals surface area contributed by atoms with Crippen LogP contribution in [0, 0.1) is 23.7 Å². The van der Waals surface area contributed by atoms with E-state index in [1.165, 1.54) is 53.4 Å². The highest BCUT2D eigenvalue weighted by Crippen LogP contribution is 2.61. The molecule has 4 aromatic rings. The number of aromatic amines is 1. The Labute approximate surface area is 178 Å². The van der Waals surface area contributed by atoms with Crippen molar-refractivity contribution < 1.29 is 0 Å². The third-order valence-electron chi connectivity index (χ3n) is 6.81. The molecule has 0 unspecified atom stereocenters. The molecular weight excluding hydrogens is 362 g/mol. The molecule has 0 aliphatic heterocycles. The normalized spacial score (nSPS) is 16.3. The second-order valence-electron chi connectivity index (χ2n) is 8.82. The summed E-state index contributed by atoms with van der Waals surface area (Å²) in [5, 5.41) is 1.34. The molecule has 2 aliphatic rings. The highest BCUT2D eigenvalue weighted by Gasteiger charge is 2.56. The molecule has 0 spiro atoms. The molecule has 2 saturated carbocycles. The molecule has 3 aromatic carbocycles. The molecule has 2 fully saturated rings. The molecule has 0 radical (unpaired) electrons. The Morgan fingerprint density at radius 1 is 0.700 bits per heavy atom. The van der Waals surface area contributed by atoms with Crippen LogP contribution in [-0.4, -0.2) is 4.98 Å². The predicted molar refractivity (Wildman–Crippen MR) is 124 cm³/mol. The SMILES string of the molecule is C(#CC(c1c(-c2ccccc2)[nH]c2ccccc12)(C1CC1)C1CC1)c1ccccc1. The average Bonchev–Trinajstić information content (AvgIpc) is 3.73. The minimum atomic E-state index is -0.0688. The highest BCUT2D eigenvalue weighted by atomic mass is 14.7. The molecule has 6 rings (SSSR count). The van der Waals surface area contributed by atoms with Crippen molar-refractivity contribution in [3.8, 4) is 23.1 Å². The lowest BCUT2D eigenvalue weighted by Crippen LogP contribution is -2.30. The van der Waals surface area contributed by atoms with Crippen molar-refractivity contribution in [1.82, 2.24) is 4.98 Å². The number of H-pyrrole nitrogens is 1. The van der Waals surface area contributed by atoms with Gasteiger partial charge in [-0.25, -0.2) is 0 Å². The number of rotatable bonds is 4. The Bertz CT molecular complexity index is 1230. The molecule has 0 bridgehead atoms. The van der Waals surface area contributed by atoms with Crippen LogP contribution < -0.4 is 0 Å². The summed E-state index contributed by atoms with van der Waals surface area (Å²) in [6.07, 6.45) is 5.14. The minimum absolute atomic E-state index is 0.0688. The highest BCUT2D eigenvalue weighted by molar-refractivity contribution is 5.93. The van der Waals surface area contributed by atoms with Crippen LogP contribution in [0.5, 0.6) is 0 Å². The maximum atomic E-state index is 3.91. The van der Waals surface area contributed by atoms with E-state index in [1.807, 2.05) is 0 Å². The Kier molecular flexibility index (Phi) is 4.06. The van der Waals surface area contributed by atoms with E-state index in [0.29, 0.717) is 11.8 Å². The minimum Gasteiger partial charge on any atom is -0.354 e. The lowest BCUT2D eigenvalue weighted by Gasteiger charge is -2.31. The summed E-state index contributed by atoms with van der Waals surface area (Å²) in [5.41, 5.74) is 6.23. The van der Waals surface area contributed by atoms with E-state index in [0.717, 1.165) is 5.56 Å². The van der Waals surface area contributed by atoms with Gasteiger partial charge in [0.15, 0.2) is 0 Å². The van der Waals surface area contributed by atoms with E-state index in [2.05, 4.69) is 102 Å². The molecule has 0 saturated heterocycles. The molecule has 1 N–H and O–H groups in total. The average molecular weight is 388 g/mol. The number of hydrogen-bond acceptors (Lipinski definition) is 0. The second-order valence-corrected chi connectivity index (χ2v) is 8.82. The fourth-order valence-corrected chi connectivity index (χ4v) is 5.18. The van der Waals surface area contributed by atoms with Crippen molar-refractivity contribution in [1.29, 1.82) is 0 Å². The smallest absolute Gasteiger partial charge is 0.0649 e. The van der Waals surface area contributed by atoms with Gasteiger partial charge in [0, 0.05) is 22.0 Å². The molecule has 1 aromatic heterocycles. The number of benzene rings is 3. The first-order valence-corrected chi connectivity index (χ1v) is 11.1. The first-order valence-electron chi connectivity index (χ1n) is 11.1. The van der Waals surface area contributed by atoms with Gasteiger partial charge in [-0.3, -0.25) is 0 Å². The van der Waals surface area contributed by atoms with Crippen molar-refractivity contribution in [2.45, 2.75) is 31.1 Å². The van der Waals surface area contributed by atoms with Crippen molar-refractivity contribution in [3.05, 3.63) is 96.1 Å². The first kappa shape index (κ1) is 17.6. The third kappa shape index (κ3) is 2.87. The largest absolute Gasteiger partial charge is 0.354 e. The van der Waals surface area contributed by atoms with Gasteiger partial charge in [-0.15, -0.1) is 0 Å². The summed E-state index contributed by atoms with van der Waals surface area (Å²) in [7, 11) is 0. The molecule has 1 heteroatoms. The van der Waals surface area contributed by atoms with Gasteiger partial charge < -0.3 is 4.98 Å². The standard InChI is InChI=1S/C29H25N/c1-3-9-21(10-4-1)19-20-29(23-15-16-23,24-17-18-24)27-25-13-7-8-14-26(25)30-28(27)22-11-5-2-6-12-22/h1-14,23-24,30H,15-18H2. The van der Waals surface area contributed by atoms with Gasteiger partial charge in [0.05, 0.1) is 11.1 Å². The lowest BCUT2D eigenvalue weighted by molar-refractivity contribution is 0.428. The molecule has 0 amide bonds. The van der Waals surface area contributed by atoms with Crippen LogP contribution in [0.1, 0.15) is 36.8 Å². The van der Waals surface area contributed by atoms with Crippen molar-refractivity contribution in [3.63, 3.8) is 0 Å². The monoisotopic (exact) mass is 387 g/mol. The van der Waals surface area contributed by atoms with Crippen molar-refractivity contribution >= 4 is 10.9 Å². The fraction of sp³-hybridized carbons (Fsp3) is 0.241. The van der Waals surface area contributed by atoms with Crippen LogP contribution in [-0.2, 0) is 5.41 Å². The van der Waals surface area contributed by atoms with Crippen LogP contribution in [0.4, 0.5) is 0 Å². The van der Waals surface area contributed by atoms with Gasteiger partial charge in [-0.2, -0.15) is 0 Å². The van der Waals surface area contributed by atoms with E-state index in [4.69, 9.17) is 0 Å². The Morgan fingerprint density at radius 3 is 1.97 bits per heavy atom. The first-order chi connectivity index (χ1) is 14.9. The Morgan fingerprint density at radius 2 is 1.30 bits per heavy atom. The molecule has 0 atom stereocenters. The summed E-state index contributed by atoms with van der Waals surface area (Å²) >= 11 is 0. The quantitative estimate of drug-likeness (QED) is 0.365. The Hall–Kier alpha value is -3.24. The number of para-hydroxylation sites is 1. The molecule has 1 nitrogen and oxygen atoms in total. The maximum absolute atomic E-state index is 3.91. The van der Waals surface area contributed by atoms with Gasteiger partial charge in [-0.1, -0.05) is 78.6 Å². The molecule has 146 valence electrons. The third-order valence-corrected chi connectivity index (χ3v) is 6.81.